The molecule has 2 saturated heterocycles. The Morgan fingerprint density at radius 1 is 1.44 bits per heavy atom. The van der Waals surface area contributed by atoms with Crippen molar-refractivity contribution in [1.82, 2.24) is 4.90 Å². The fourth-order valence-corrected chi connectivity index (χ4v) is 3.24. The van der Waals surface area contributed by atoms with Gasteiger partial charge in [0.25, 0.3) is 0 Å². The minimum absolute atomic E-state index is 0.228. The Morgan fingerprint density at radius 2 is 2.11 bits per heavy atom. The van der Waals surface area contributed by atoms with Crippen molar-refractivity contribution >= 4 is 0 Å². The summed E-state index contributed by atoms with van der Waals surface area (Å²) in [4.78, 5) is 2.52. The lowest BCUT2D eigenvalue weighted by molar-refractivity contribution is 0.0656. The number of nitrogens with zero attached hydrogens (tertiary/aromatic N) is 1. The third kappa shape index (κ3) is 3.56. The predicted octanol–water partition coefficient (Wildman–Crippen LogP) is 2.59. The van der Waals surface area contributed by atoms with Gasteiger partial charge in [0.2, 0.25) is 0 Å². The smallest absolute Gasteiger partial charge is 0.0774 e. The molecule has 0 aromatic carbocycles. The molecule has 1 atom stereocenters. The Bertz CT molecular complexity index is 293. The maximum atomic E-state index is 9.83. The molecule has 3 heteroatoms. The molecule has 0 radical (unpaired) electrons. The van der Waals surface area contributed by atoms with Gasteiger partial charge in [-0.3, -0.25) is 4.90 Å². The lowest BCUT2D eigenvalue weighted by Gasteiger charge is -2.30. The van der Waals surface area contributed by atoms with E-state index in [0.29, 0.717) is 0 Å². The first-order chi connectivity index (χ1) is 8.45. The normalized spacial score (nSPS) is 30.2. The summed E-state index contributed by atoms with van der Waals surface area (Å²) in [6.07, 6.45) is 5.58. The Hall–Kier alpha value is -0.380. The summed E-state index contributed by atoms with van der Waals surface area (Å²) < 4.78 is 5.38. The lowest BCUT2D eigenvalue weighted by Crippen LogP contribution is -2.42. The van der Waals surface area contributed by atoms with E-state index >= 15 is 0 Å². The molecule has 0 bridgehead atoms. The second-order valence-corrected chi connectivity index (χ2v) is 5.82. The zero-order valence-electron chi connectivity index (χ0n) is 12.6. The summed E-state index contributed by atoms with van der Waals surface area (Å²) in [5.74, 6) is 0. The highest BCUT2D eigenvalue weighted by Crippen LogP contribution is 2.41. The quantitative estimate of drug-likeness (QED) is 0.787. The Morgan fingerprint density at radius 3 is 2.67 bits per heavy atom. The van der Waals surface area contributed by atoms with E-state index < -0.39 is 5.60 Å². The zero-order valence-corrected chi connectivity index (χ0v) is 12.6. The Kier molecular flexibility index (Phi) is 5.38. The van der Waals surface area contributed by atoms with Crippen LogP contribution >= 0.6 is 0 Å². The summed E-state index contributed by atoms with van der Waals surface area (Å²) in [7, 11) is 1.78. The van der Waals surface area contributed by atoms with Crippen LogP contribution in [0.25, 0.3) is 0 Å². The van der Waals surface area contributed by atoms with Gasteiger partial charge in [-0.15, -0.1) is 0 Å². The van der Waals surface area contributed by atoms with Gasteiger partial charge in [-0.1, -0.05) is 25.5 Å². The number of methoxy groups -OCH3 is 1. The van der Waals surface area contributed by atoms with Crippen molar-refractivity contribution in [1.29, 1.82) is 0 Å². The molecule has 3 nitrogen and oxygen atoms in total. The van der Waals surface area contributed by atoms with Crippen molar-refractivity contribution in [3.8, 4) is 0 Å². The van der Waals surface area contributed by atoms with Crippen molar-refractivity contribution in [3.05, 3.63) is 11.6 Å². The molecule has 2 heterocycles. The van der Waals surface area contributed by atoms with Gasteiger partial charge < -0.3 is 9.84 Å². The molecule has 1 unspecified atom stereocenters. The van der Waals surface area contributed by atoms with Crippen LogP contribution < -0.4 is 0 Å². The summed E-state index contributed by atoms with van der Waals surface area (Å²) in [5, 5.41) is 9.83. The maximum absolute atomic E-state index is 9.83. The molecule has 2 aliphatic heterocycles. The van der Waals surface area contributed by atoms with Gasteiger partial charge >= 0.3 is 0 Å². The first-order valence-electron chi connectivity index (χ1n) is 7.12. The largest absolute Gasteiger partial charge is 0.386 e. The van der Waals surface area contributed by atoms with Gasteiger partial charge in [0.05, 0.1) is 12.2 Å². The highest BCUT2D eigenvalue weighted by Gasteiger charge is 2.46. The van der Waals surface area contributed by atoms with E-state index in [1.54, 1.807) is 7.11 Å². The van der Waals surface area contributed by atoms with Gasteiger partial charge in [-0.05, 0) is 39.7 Å². The summed E-state index contributed by atoms with van der Waals surface area (Å²) >= 11 is 0. The van der Waals surface area contributed by atoms with E-state index in [-0.39, 0.29) is 5.54 Å². The van der Waals surface area contributed by atoms with Crippen LogP contribution in [-0.4, -0.2) is 48.0 Å². The second kappa shape index (κ2) is 6.18. The number of hydrogen-bond donors (Lipinski definition) is 1. The van der Waals surface area contributed by atoms with Crippen LogP contribution in [0, 0.1) is 0 Å². The minimum atomic E-state index is -0.691. The van der Waals surface area contributed by atoms with Crippen molar-refractivity contribution in [2.24, 2.45) is 0 Å². The molecule has 106 valence electrons. The van der Waals surface area contributed by atoms with E-state index in [4.69, 9.17) is 4.74 Å². The highest BCUT2D eigenvalue weighted by molar-refractivity contribution is 5.23. The van der Waals surface area contributed by atoms with E-state index in [0.717, 1.165) is 19.6 Å². The molecule has 0 aliphatic carbocycles. The van der Waals surface area contributed by atoms with E-state index in [1.807, 2.05) is 33.8 Å². The van der Waals surface area contributed by atoms with Gasteiger partial charge in [0.1, 0.15) is 0 Å². The Balaban J connectivity index is 0.000000771. The van der Waals surface area contributed by atoms with Crippen LogP contribution in [0.2, 0.25) is 0 Å². The molecule has 18 heavy (non-hydrogen) atoms. The second-order valence-electron chi connectivity index (χ2n) is 5.82. The highest BCUT2D eigenvalue weighted by atomic mass is 16.5. The molecule has 2 rings (SSSR count). The van der Waals surface area contributed by atoms with Crippen LogP contribution in [0.5, 0.6) is 0 Å². The topological polar surface area (TPSA) is 32.7 Å². The molecule has 2 fully saturated rings. The molecule has 0 spiro atoms. The molecule has 1 N–H and O–H groups in total. The SMILES string of the molecule is CC.COCC12CCCN1C/C(=C\C(C)(C)O)C2. The molecule has 0 aromatic heterocycles. The summed E-state index contributed by atoms with van der Waals surface area (Å²) in [6, 6.07) is 0. The lowest BCUT2D eigenvalue weighted by atomic mass is 9.92. The van der Waals surface area contributed by atoms with E-state index in [1.165, 1.54) is 25.0 Å². The summed E-state index contributed by atoms with van der Waals surface area (Å²) in [6.45, 7) is 10.7. The number of rotatable bonds is 3. The molecular formula is C15H29NO2. The van der Waals surface area contributed by atoms with Crippen LogP contribution in [-0.2, 0) is 4.74 Å². The number of fused-ring (bicyclic) bond motifs is 1. The fourth-order valence-electron chi connectivity index (χ4n) is 3.24. The van der Waals surface area contributed by atoms with Gasteiger partial charge in [0, 0.05) is 19.2 Å². The predicted molar refractivity (Wildman–Crippen MR) is 75.8 cm³/mol. The molecular weight excluding hydrogens is 226 g/mol. The Labute approximate surface area is 112 Å². The van der Waals surface area contributed by atoms with Gasteiger partial charge in [-0.2, -0.15) is 0 Å². The number of aliphatic hydroxyl groups is 1. The van der Waals surface area contributed by atoms with Crippen molar-refractivity contribution in [2.45, 2.75) is 58.1 Å². The maximum Gasteiger partial charge on any atom is 0.0774 e. The molecule has 2 aliphatic rings. The third-order valence-electron chi connectivity index (χ3n) is 3.66. The van der Waals surface area contributed by atoms with Crippen molar-refractivity contribution in [2.75, 3.05) is 26.8 Å². The standard InChI is InChI=1S/C13H23NO2.C2H6/c1-12(2,15)7-11-8-13(10-16-3)5-4-6-14(13)9-11;1-2/h7,15H,4-6,8-10H2,1-3H3;1-2H3/b11-7-;. The van der Waals surface area contributed by atoms with Crippen LogP contribution in [0.1, 0.15) is 47.0 Å². The first-order valence-corrected chi connectivity index (χ1v) is 7.12. The molecule has 0 aromatic rings. The summed E-state index contributed by atoms with van der Waals surface area (Å²) in [5.41, 5.74) is 0.902. The zero-order chi connectivity index (χ0) is 13.8. The average Bonchev–Trinajstić information content (AvgIpc) is 2.75. The number of ether oxygens (including phenoxy) is 1. The third-order valence-corrected chi connectivity index (χ3v) is 3.66. The van der Waals surface area contributed by atoms with Crippen molar-refractivity contribution in [3.63, 3.8) is 0 Å². The monoisotopic (exact) mass is 255 g/mol. The molecule has 0 amide bonds. The van der Waals surface area contributed by atoms with Gasteiger partial charge in [0.15, 0.2) is 0 Å². The van der Waals surface area contributed by atoms with Crippen LogP contribution in [0.4, 0.5) is 0 Å². The van der Waals surface area contributed by atoms with Crippen molar-refractivity contribution < 1.29 is 9.84 Å². The molecule has 0 saturated carbocycles. The van der Waals surface area contributed by atoms with Crippen LogP contribution in [0.3, 0.4) is 0 Å². The fraction of sp³-hybridized carbons (Fsp3) is 0.867. The van der Waals surface area contributed by atoms with E-state index in [2.05, 4.69) is 4.90 Å². The first kappa shape index (κ1) is 15.7. The number of hydrogen-bond acceptors (Lipinski definition) is 3. The van der Waals surface area contributed by atoms with E-state index in [9.17, 15) is 5.11 Å². The minimum Gasteiger partial charge on any atom is -0.386 e. The van der Waals surface area contributed by atoms with Crippen LogP contribution in [0.15, 0.2) is 11.6 Å². The average molecular weight is 255 g/mol. The van der Waals surface area contributed by atoms with Gasteiger partial charge in [-0.25, -0.2) is 0 Å².